The molecule has 0 fully saturated rings. The molecule has 0 saturated carbocycles. The third kappa shape index (κ3) is 2.30. The van der Waals surface area contributed by atoms with Crippen molar-refractivity contribution < 1.29 is 19.5 Å². The first-order valence-corrected chi connectivity index (χ1v) is 3.50. The first-order chi connectivity index (χ1) is 6.17. The van der Waals surface area contributed by atoms with Crippen LogP contribution in [0.15, 0.2) is 6.07 Å². The lowest BCUT2D eigenvalue weighted by Crippen LogP contribution is -2.33. The topological polar surface area (TPSA) is 84.7 Å². The molecule has 1 aromatic heterocycles. The third-order valence-corrected chi connectivity index (χ3v) is 1.36. The second-order valence-corrected chi connectivity index (χ2v) is 2.20. The highest BCUT2D eigenvalue weighted by atomic mass is 16.5. The van der Waals surface area contributed by atoms with Gasteiger partial charge in [-0.05, 0) is 0 Å². The summed E-state index contributed by atoms with van der Waals surface area (Å²) in [5, 5.41) is 17.6. The van der Waals surface area contributed by atoms with Crippen molar-refractivity contribution in [2.24, 2.45) is 0 Å². The minimum Gasteiger partial charge on any atom is -0.481 e. The molecule has 0 bridgehead atoms. The van der Waals surface area contributed by atoms with E-state index in [2.05, 4.69) is 9.97 Å². The SMILES string of the molecule is COc1cc(B(O)O)nc(OC)n1. The van der Waals surface area contributed by atoms with Gasteiger partial charge < -0.3 is 19.5 Å². The smallest absolute Gasteiger partial charge is 0.481 e. The Morgan fingerprint density at radius 3 is 2.38 bits per heavy atom. The number of methoxy groups -OCH3 is 2. The fourth-order valence-electron chi connectivity index (χ4n) is 0.749. The zero-order valence-electron chi connectivity index (χ0n) is 7.26. The van der Waals surface area contributed by atoms with Crippen molar-refractivity contribution in [1.29, 1.82) is 0 Å². The number of rotatable bonds is 3. The number of ether oxygens (including phenoxy) is 2. The first-order valence-electron chi connectivity index (χ1n) is 3.50. The van der Waals surface area contributed by atoms with Gasteiger partial charge in [-0.1, -0.05) is 0 Å². The van der Waals surface area contributed by atoms with Crippen LogP contribution in [0.2, 0.25) is 0 Å². The summed E-state index contributed by atoms with van der Waals surface area (Å²) in [6, 6.07) is 1.34. The lowest BCUT2D eigenvalue weighted by atomic mass is 9.86. The number of hydrogen-bond donors (Lipinski definition) is 2. The molecule has 0 unspecified atom stereocenters. The molecule has 1 rings (SSSR count). The number of aromatic nitrogens is 2. The molecule has 0 aliphatic heterocycles. The Bertz CT molecular complexity index is 272. The molecule has 0 aliphatic rings. The first kappa shape index (κ1) is 9.75. The molecule has 13 heavy (non-hydrogen) atoms. The van der Waals surface area contributed by atoms with Gasteiger partial charge in [0.2, 0.25) is 5.88 Å². The standard InChI is InChI=1S/C6H9BN2O4/c1-12-5-3-4(7(10)11)8-6(9-5)13-2/h3,10-11H,1-2H3. The third-order valence-electron chi connectivity index (χ3n) is 1.36. The summed E-state index contributed by atoms with van der Waals surface area (Å²) in [7, 11) is 1.13. The summed E-state index contributed by atoms with van der Waals surface area (Å²) in [6.45, 7) is 0. The van der Waals surface area contributed by atoms with Gasteiger partial charge in [-0.2, -0.15) is 4.98 Å². The zero-order valence-corrected chi connectivity index (χ0v) is 7.26. The van der Waals surface area contributed by atoms with Crippen LogP contribution < -0.4 is 15.1 Å². The Balaban J connectivity index is 3.07. The minimum absolute atomic E-state index is 0.0300. The van der Waals surface area contributed by atoms with E-state index in [0.29, 0.717) is 0 Å². The molecule has 0 aromatic carbocycles. The maximum Gasteiger partial charge on any atom is 0.508 e. The fourth-order valence-corrected chi connectivity index (χ4v) is 0.749. The van der Waals surface area contributed by atoms with Crippen LogP contribution in [0.25, 0.3) is 0 Å². The van der Waals surface area contributed by atoms with Crippen molar-refractivity contribution in [3.63, 3.8) is 0 Å². The van der Waals surface area contributed by atoms with Crippen molar-refractivity contribution in [3.8, 4) is 11.9 Å². The Labute approximate surface area is 75.3 Å². The molecule has 0 aliphatic carbocycles. The highest BCUT2D eigenvalue weighted by Crippen LogP contribution is 2.07. The lowest BCUT2D eigenvalue weighted by Gasteiger charge is -2.04. The zero-order chi connectivity index (χ0) is 9.84. The van der Waals surface area contributed by atoms with Crippen LogP contribution in [0.4, 0.5) is 0 Å². The normalized spacial score (nSPS) is 9.54. The average Bonchev–Trinajstić information content (AvgIpc) is 2.16. The van der Waals surface area contributed by atoms with Crippen LogP contribution in [0, 0.1) is 0 Å². The molecule has 2 N–H and O–H groups in total. The predicted molar refractivity (Wildman–Crippen MR) is 45.0 cm³/mol. The van der Waals surface area contributed by atoms with Crippen molar-refractivity contribution in [1.82, 2.24) is 9.97 Å². The van der Waals surface area contributed by atoms with Gasteiger partial charge in [-0.15, -0.1) is 0 Å². The second kappa shape index (κ2) is 4.06. The molecule has 0 radical (unpaired) electrons. The highest BCUT2D eigenvalue weighted by molar-refractivity contribution is 6.57. The van der Waals surface area contributed by atoms with E-state index in [0.717, 1.165) is 0 Å². The maximum atomic E-state index is 8.82. The lowest BCUT2D eigenvalue weighted by molar-refractivity contribution is 0.351. The van der Waals surface area contributed by atoms with Crippen LogP contribution in [-0.2, 0) is 0 Å². The Hall–Kier alpha value is -1.34. The quantitative estimate of drug-likeness (QED) is 0.537. The monoisotopic (exact) mass is 184 g/mol. The van der Waals surface area contributed by atoms with Gasteiger partial charge in [0, 0.05) is 6.07 Å². The number of nitrogens with zero attached hydrogens (tertiary/aromatic N) is 2. The van der Waals surface area contributed by atoms with Crippen LogP contribution >= 0.6 is 0 Å². The summed E-state index contributed by atoms with van der Waals surface area (Å²) >= 11 is 0. The van der Waals surface area contributed by atoms with Gasteiger partial charge in [-0.25, -0.2) is 4.98 Å². The molecule has 1 aromatic rings. The molecule has 1 heterocycles. The molecule has 7 heteroatoms. The van der Waals surface area contributed by atoms with E-state index in [1.165, 1.54) is 20.3 Å². The van der Waals surface area contributed by atoms with E-state index >= 15 is 0 Å². The highest BCUT2D eigenvalue weighted by Gasteiger charge is 2.16. The van der Waals surface area contributed by atoms with Crippen molar-refractivity contribution in [2.75, 3.05) is 14.2 Å². The van der Waals surface area contributed by atoms with Gasteiger partial charge >= 0.3 is 13.1 Å². The van der Waals surface area contributed by atoms with Crippen molar-refractivity contribution in [3.05, 3.63) is 6.07 Å². The largest absolute Gasteiger partial charge is 0.508 e. The van der Waals surface area contributed by atoms with E-state index in [1.54, 1.807) is 0 Å². The number of hydrogen-bond acceptors (Lipinski definition) is 6. The molecule has 0 amide bonds. The van der Waals surface area contributed by atoms with Crippen LogP contribution in [-0.4, -0.2) is 41.4 Å². The summed E-state index contributed by atoms with van der Waals surface area (Å²) < 4.78 is 9.52. The summed E-state index contributed by atoms with van der Waals surface area (Å²) in [4.78, 5) is 7.46. The molecule has 70 valence electrons. The molecule has 0 atom stereocenters. The van der Waals surface area contributed by atoms with E-state index in [9.17, 15) is 0 Å². The Morgan fingerprint density at radius 2 is 1.92 bits per heavy atom. The van der Waals surface area contributed by atoms with E-state index in [1.807, 2.05) is 0 Å². The maximum absolute atomic E-state index is 8.82. The van der Waals surface area contributed by atoms with Crippen molar-refractivity contribution >= 4 is 12.7 Å². The van der Waals surface area contributed by atoms with Gasteiger partial charge in [0.25, 0.3) is 0 Å². The van der Waals surface area contributed by atoms with E-state index in [-0.39, 0.29) is 17.5 Å². The minimum atomic E-state index is -1.66. The van der Waals surface area contributed by atoms with Crippen LogP contribution in [0.5, 0.6) is 11.9 Å². The van der Waals surface area contributed by atoms with Gasteiger partial charge in [-0.3, -0.25) is 0 Å². The van der Waals surface area contributed by atoms with E-state index in [4.69, 9.17) is 19.5 Å². The summed E-state index contributed by atoms with van der Waals surface area (Å²) in [5.74, 6) is 0.218. The molecule has 0 spiro atoms. The molecular weight excluding hydrogens is 175 g/mol. The Morgan fingerprint density at radius 1 is 1.23 bits per heavy atom. The summed E-state index contributed by atoms with van der Waals surface area (Å²) in [6.07, 6.45) is 0. The fraction of sp³-hybridized carbons (Fsp3) is 0.333. The van der Waals surface area contributed by atoms with Gasteiger partial charge in [0.05, 0.1) is 19.8 Å². The second-order valence-electron chi connectivity index (χ2n) is 2.20. The van der Waals surface area contributed by atoms with Gasteiger partial charge in [0.1, 0.15) is 0 Å². The van der Waals surface area contributed by atoms with Crippen molar-refractivity contribution in [2.45, 2.75) is 0 Å². The summed E-state index contributed by atoms with van der Waals surface area (Å²) in [5.41, 5.74) is 0.0312. The van der Waals surface area contributed by atoms with E-state index < -0.39 is 7.12 Å². The molecular formula is C6H9BN2O4. The van der Waals surface area contributed by atoms with Crippen LogP contribution in [0.3, 0.4) is 0 Å². The molecule has 6 nitrogen and oxygen atoms in total. The van der Waals surface area contributed by atoms with Gasteiger partial charge in [0.15, 0.2) is 0 Å². The predicted octanol–water partition coefficient (Wildman–Crippen LogP) is -1.83. The Kier molecular flexibility index (Phi) is 3.05. The van der Waals surface area contributed by atoms with Crippen LogP contribution in [0.1, 0.15) is 0 Å². The molecule has 0 saturated heterocycles. The average molecular weight is 184 g/mol.